The summed E-state index contributed by atoms with van der Waals surface area (Å²) in [6.45, 7) is 4.84. The molecule has 0 N–H and O–H groups in total. The Kier molecular flexibility index (Phi) is 4.87. The van der Waals surface area contributed by atoms with E-state index in [4.69, 9.17) is 0 Å². The van der Waals surface area contributed by atoms with Gasteiger partial charge in [-0.2, -0.15) is 0 Å². The number of hydrogen-bond donors (Lipinski definition) is 0. The normalized spacial score (nSPS) is 21.2. The lowest BCUT2D eigenvalue weighted by Crippen LogP contribution is -2.24. The highest BCUT2D eigenvalue weighted by Gasteiger charge is 2.59. The van der Waals surface area contributed by atoms with Crippen LogP contribution in [0.4, 0.5) is 17.1 Å². The zero-order valence-corrected chi connectivity index (χ0v) is 26.9. The maximum Gasteiger partial charge on any atom is 0.0734 e. The predicted octanol–water partition coefficient (Wildman–Crippen LogP) is 11.8. The molecular weight excluding hydrogens is 567 g/mol. The number of para-hydroxylation sites is 1. The molecule has 5 aromatic carbocycles. The standard InChI is InChI=1S/C46H35N/c1-45(2)39-20-8-6-14-31(39)33-24-22-29(26-41(33)45)47(28-12-4-3-5-13-28)30-23-25-34-36-17-11-19-38-37-18-10-16-35-32-15-7-9-21-40(32)46(43(35)37,44(36)38)42(34)27-30/h3-7,9,11-15,17-19,21-27H,8,10,16,20H2,1-2H3. The summed E-state index contributed by atoms with van der Waals surface area (Å²) >= 11 is 0. The van der Waals surface area contributed by atoms with E-state index in [1.165, 1.54) is 78.3 Å². The Morgan fingerprint density at radius 1 is 0.574 bits per heavy atom. The van der Waals surface area contributed by atoms with E-state index in [9.17, 15) is 0 Å². The number of anilines is 3. The lowest BCUT2D eigenvalue weighted by atomic mass is 9.72. The van der Waals surface area contributed by atoms with Crippen LogP contribution < -0.4 is 4.90 Å². The number of nitrogens with zero attached hydrogens (tertiary/aromatic N) is 1. The van der Waals surface area contributed by atoms with Gasteiger partial charge in [-0.3, -0.25) is 0 Å². The summed E-state index contributed by atoms with van der Waals surface area (Å²) in [5.74, 6) is 0. The molecule has 224 valence electrons. The topological polar surface area (TPSA) is 3.24 Å². The summed E-state index contributed by atoms with van der Waals surface area (Å²) in [6.07, 6.45) is 11.7. The fraction of sp³-hybridized carbons (Fsp3) is 0.174. The first-order chi connectivity index (χ1) is 23.1. The van der Waals surface area contributed by atoms with Gasteiger partial charge in [0.05, 0.1) is 5.41 Å². The van der Waals surface area contributed by atoms with Gasteiger partial charge in [-0.1, -0.05) is 110 Å². The van der Waals surface area contributed by atoms with Crippen LogP contribution in [0.3, 0.4) is 0 Å². The van der Waals surface area contributed by atoms with E-state index in [-0.39, 0.29) is 10.8 Å². The molecule has 1 heteroatoms. The number of allylic oxidation sites excluding steroid dienone is 8. The summed E-state index contributed by atoms with van der Waals surface area (Å²) in [4.78, 5) is 2.49. The van der Waals surface area contributed by atoms with Crippen molar-refractivity contribution in [3.8, 4) is 11.1 Å². The molecule has 1 nitrogen and oxygen atoms in total. The van der Waals surface area contributed by atoms with Crippen molar-refractivity contribution in [1.29, 1.82) is 0 Å². The molecule has 47 heavy (non-hydrogen) atoms. The van der Waals surface area contributed by atoms with Crippen molar-refractivity contribution in [1.82, 2.24) is 0 Å². The molecule has 5 aromatic rings. The summed E-state index contributed by atoms with van der Waals surface area (Å²) < 4.78 is 0. The minimum Gasteiger partial charge on any atom is -0.310 e. The molecule has 0 radical (unpaired) electrons. The monoisotopic (exact) mass is 601 g/mol. The molecule has 1 spiro atoms. The summed E-state index contributed by atoms with van der Waals surface area (Å²) in [5.41, 5.74) is 23.9. The van der Waals surface area contributed by atoms with E-state index >= 15 is 0 Å². The van der Waals surface area contributed by atoms with Crippen LogP contribution in [-0.2, 0) is 10.8 Å². The van der Waals surface area contributed by atoms with Crippen LogP contribution in [0.2, 0.25) is 0 Å². The molecule has 0 fully saturated rings. The van der Waals surface area contributed by atoms with Crippen LogP contribution in [-0.4, -0.2) is 0 Å². The summed E-state index contributed by atoms with van der Waals surface area (Å²) in [5, 5.41) is 0. The average Bonchev–Trinajstić information content (AvgIpc) is 3.78. The van der Waals surface area contributed by atoms with Crippen LogP contribution in [0.25, 0.3) is 27.8 Å². The van der Waals surface area contributed by atoms with Gasteiger partial charge in [0.25, 0.3) is 0 Å². The first kappa shape index (κ1) is 26.0. The van der Waals surface area contributed by atoms with Gasteiger partial charge in [0.15, 0.2) is 0 Å². The van der Waals surface area contributed by atoms with Crippen molar-refractivity contribution < 1.29 is 0 Å². The number of fused-ring (bicyclic) bond motifs is 7. The third-order valence-corrected chi connectivity index (χ3v) is 12.2. The van der Waals surface area contributed by atoms with E-state index in [0.717, 1.165) is 25.7 Å². The molecule has 0 aliphatic heterocycles. The van der Waals surface area contributed by atoms with E-state index in [0.29, 0.717) is 0 Å². The SMILES string of the molecule is CC1(C)C2=C(C=CCC2)c2ccc(N(c3ccccc3)c3ccc4c(c3)C35C6=C(CCC=C6c6cccc-4c63)c3ccccc35)cc21. The van der Waals surface area contributed by atoms with Crippen molar-refractivity contribution in [3.05, 3.63) is 178 Å². The molecule has 6 aliphatic rings. The van der Waals surface area contributed by atoms with E-state index in [1.54, 1.807) is 16.7 Å². The lowest BCUT2D eigenvalue weighted by molar-refractivity contribution is 0.607. The van der Waals surface area contributed by atoms with Crippen molar-refractivity contribution in [3.63, 3.8) is 0 Å². The molecule has 0 heterocycles. The average molecular weight is 602 g/mol. The summed E-state index contributed by atoms with van der Waals surface area (Å²) in [6, 6.07) is 41.8. The van der Waals surface area contributed by atoms with Gasteiger partial charge in [0.2, 0.25) is 0 Å². The lowest BCUT2D eigenvalue weighted by Gasteiger charge is -2.32. The quantitative estimate of drug-likeness (QED) is 0.199. The Bertz CT molecular complexity index is 2380. The minimum absolute atomic E-state index is 0.0206. The first-order valence-corrected chi connectivity index (χ1v) is 17.3. The van der Waals surface area contributed by atoms with E-state index in [1.807, 2.05) is 0 Å². The van der Waals surface area contributed by atoms with Gasteiger partial charge in [0.1, 0.15) is 0 Å². The molecule has 6 aliphatic carbocycles. The summed E-state index contributed by atoms with van der Waals surface area (Å²) in [7, 11) is 0. The minimum atomic E-state index is -0.243. The Hall–Kier alpha value is -5.14. The second kappa shape index (κ2) is 8.81. The van der Waals surface area contributed by atoms with Crippen LogP contribution >= 0.6 is 0 Å². The molecule has 11 rings (SSSR count). The van der Waals surface area contributed by atoms with Gasteiger partial charge in [-0.25, -0.2) is 0 Å². The molecular formula is C46H35N. The zero-order valence-electron chi connectivity index (χ0n) is 26.9. The Labute approximate surface area is 276 Å². The fourth-order valence-corrected chi connectivity index (χ4v) is 10.4. The van der Waals surface area contributed by atoms with Gasteiger partial charge < -0.3 is 4.90 Å². The first-order valence-electron chi connectivity index (χ1n) is 17.3. The number of hydrogen-bond acceptors (Lipinski definition) is 1. The third kappa shape index (κ3) is 3.02. The molecule has 0 saturated heterocycles. The zero-order chi connectivity index (χ0) is 31.1. The third-order valence-electron chi connectivity index (χ3n) is 12.2. The molecule has 0 aromatic heterocycles. The molecule has 1 atom stereocenters. The second-order valence-electron chi connectivity index (χ2n) is 14.6. The Morgan fingerprint density at radius 3 is 2.19 bits per heavy atom. The highest BCUT2D eigenvalue weighted by Crippen LogP contribution is 2.71. The van der Waals surface area contributed by atoms with Crippen molar-refractivity contribution in [2.24, 2.45) is 0 Å². The smallest absolute Gasteiger partial charge is 0.0734 e. The highest BCUT2D eigenvalue weighted by molar-refractivity contribution is 6.11. The fourth-order valence-electron chi connectivity index (χ4n) is 10.4. The van der Waals surface area contributed by atoms with E-state index in [2.05, 4.69) is 146 Å². The Balaban J connectivity index is 1.16. The Morgan fingerprint density at radius 2 is 1.32 bits per heavy atom. The largest absolute Gasteiger partial charge is 0.310 e. The van der Waals surface area contributed by atoms with Crippen LogP contribution in [0.5, 0.6) is 0 Å². The van der Waals surface area contributed by atoms with Crippen LogP contribution in [0, 0.1) is 0 Å². The number of rotatable bonds is 3. The predicted molar refractivity (Wildman–Crippen MR) is 195 cm³/mol. The second-order valence-corrected chi connectivity index (χ2v) is 14.6. The molecule has 0 amide bonds. The van der Waals surface area contributed by atoms with Crippen LogP contribution in [0.1, 0.15) is 78.5 Å². The van der Waals surface area contributed by atoms with Crippen molar-refractivity contribution >= 4 is 33.8 Å². The highest BCUT2D eigenvalue weighted by atomic mass is 15.1. The van der Waals surface area contributed by atoms with E-state index < -0.39 is 0 Å². The molecule has 0 saturated carbocycles. The molecule has 1 unspecified atom stereocenters. The van der Waals surface area contributed by atoms with Crippen molar-refractivity contribution in [2.45, 2.75) is 50.4 Å². The van der Waals surface area contributed by atoms with Gasteiger partial charge in [-0.05, 0) is 134 Å². The van der Waals surface area contributed by atoms with Gasteiger partial charge in [0, 0.05) is 22.5 Å². The molecule has 0 bridgehead atoms. The van der Waals surface area contributed by atoms with Crippen LogP contribution in [0.15, 0.2) is 139 Å². The van der Waals surface area contributed by atoms with Gasteiger partial charge >= 0.3 is 0 Å². The van der Waals surface area contributed by atoms with Gasteiger partial charge in [-0.15, -0.1) is 0 Å². The maximum absolute atomic E-state index is 2.54. The maximum atomic E-state index is 2.54. The van der Waals surface area contributed by atoms with Crippen molar-refractivity contribution in [2.75, 3.05) is 4.90 Å². The number of benzene rings is 5.